The van der Waals surface area contributed by atoms with Gasteiger partial charge >= 0.3 is 5.97 Å². The van der Waals surface area contributed by atoms with Crippen LogP contribution in [0.2, 0.25) is 0 Å². The van der Waals surface area contributed by atoms with Crippen LogP contribution in [0.1, 0.15) is 34.3 Å². The highest BCUT2D eigenvalue weighted by atomic mass is 16.6. The van der Waals surface area contributed by atoms with Crippen molar-refractivity contribution in [2.24, 2.45) is 5.73 Å². The fourth-order valence-corrected chi connectivity index (χ4v) is 3.02. The Labute approximate surface area is 164 Å². The van der Waals surface area contributed by atoms with E-state index < -0.39 is 5.97 Å². The van der Waals surface area contributed by atoms with Crippen LogP contribution in [0.4, 0.5) is 0 Å². The Bertz CT molecular complexity index is 858. The molecule has 0 aromatic heterocycles. The first-order valence-electron chi connectivity index (χ1n) is 9.23. The summed E-state index contributed by atoms with van der Waals surface area (Å²) in [6.07, 6.45) is 2.24. The Hall–Kier alpha value is -3.35. The molecule has 1 heterocycles. The molecule has 0 saturated carbocycles. The van der Waals surface area contributed by atoms with Gasteiger partial charge in [-0.2, -0.15) is 0 Å². The highest BCUT2D eigenvalue weighted by molar-refractivity contribution is 5.98. The number of nitrogens with zero attached hydrogens (tertiary/aromatic N) is 1. The van der Waals surface area contributed by atoms with E-state index in [1.165, 1.54) is 0 Å². The fraction of sp³-hybridized carbons (Fsp3) is 0.286. The maximum atomic E-state index is 12.2. The molecule has 0 amide bonds. The number of carbonyl (C=O) groups excluding carboxylic acids is 1. The van der Waals surface area contributed by atoms with Gasteiger partial charge in [-0.25, -0.2) is 4.79 Å². The van der Waals surface area contributed by atoms with E-state index in [1.807, 2.05) is 4.90 Å². The summed E-state index contributed by atoms with van der Waals surface area (Å²) in [6.45, 7) is 2.13. The Morgan fingerprint density at radius 1 is 0.964 bits per heavy atom. The highest BCUT2D eigenvalue weighted by Crippen LogP contribution is 2.15. The maximum Gasteiger partial charge on any atom is 0.338 e. The van der Waals surface area contributed by atoms with E-state index in [1.54, 1.807) is 48.5 Å². The number of rotatable bonds is 7. The number of nitrogen functional groups attached to an aromatic ring is 1. The van der Waals surface area contributed by atoms with Crippen molar-refractivity contribution in [2.75, 3.05) is 26.3 Å². The molecule has 0 radical (unpaired) electrons. The van der Waals surface area contributed by atoms with Gasteiger partial charge in [0.05, 0.1) is 5.56 Å². The second-order valence-corrected chi connectivity index (χ2v) is 6.55. The number of likely N-dealkylation sites (tertiary alicyclic amines) is 1. The minimum atomic E-state index is -0.430. The second kappa shape index (κ2) is 9.03. The number of carbonyl (C=O) groups is 1. The first-order valence-corrected chi connectivity index (χ1v) is 9.23. The largest absolute Gasteiger partial charge is 0.490 e. The lowest BCUT2D eigenvalue weighted by molar-refractivity contribution is 0.0450. The van der Waals surface area contributed by atoms with Crippen LogP contribution in [0.3, 0.4) is 0 Å². The predicted octanol–water partition coefficient (Wildman–Crippen LogP) is 2.63. The van der Waals surface area contributed by atoms with Gasteiger partial charge in [-0.1, -0.05) is 24.3 Å². The van der Waals surface area contributed by atoms with Gasteiger partial charge in [0.15, 0.2) is 0 Å². The molecular formula is C21H24N4O3. The van der Waals surface area contributed by atoms with Crippen molar-refractivity contribution in [2.45, 2.75) is 12.8 Å². The zero-order chi connectivity index (χ0) is 19.9. The van der Waals surface area contributed by atoms with Crippen LogP contribution in [0.25, 0.3) is 0 Å². The lowest BCUT2D eigenvalue weighted by Gasteiger charge is -2.18. The smallest absolute Gasteiger partial charge is 0.338 e. The van der Waals surface area contributed by atoms with Gasteiger partial charge in [0, 0.05) is 24.2 Å². The van der Waals surface area contributed by atoms with Crippen molar-refractivity contribution in [1.82, 2.24) is 4.90 Å². The molecule has 1 aliphatic heterocycles. The van der Waals surface area contributed by atoms with Gasteiger partial charge in [0.1, 0.15) is 30.6 Å². The summed E-state index contributed by atoms with van der Waals surface area (Å²) in [4.78, 5) is 14.2. The van der Waals surface area contributed by atoms with Crippen LogP contribution in [-0.2, 0) is 4.74 Å². The van der Waals surface area contributed by atoms with E-state index in [4.69, 9.17) is 26.0 Å². The van der Waals surface area contributed by atoms with E-state index >= 15 is 0 Å². The molecule has 2 aromatic rings. The van der Waals surface area contributed by atoms with Crippen molar-refractivity contribution in [1.29, 1.82) is 10.8 Å². The molecule has 0 aliphatic carbocycles. The maximum absolute atomic E-state index is 12.2. The summed E-state index contributed by atoms with van der Waals surface area (Å²) in [5.41, 5.74) is 7.27. The first kappa shape index (κ1) is 19.4. The Morgan fingerprint density at radius 3 is 2.32 bits per heavy atom. The molecule has 7 nitrogen and oxygen atoms in total. The lowest BCUT2D eigenvalue weighted by Crippen LogP contribution is -2.27. The average Bonchev–Trinajstić information content (AvgIpc) is 3.25. The molecular weight excluding hydrogens is 356 g/mol. The minimum Gasteiger partial charge on any atom is -0.490 e. The number of ether oxygens (including phenoxy) is 2. The zero-order valence-electron chi connectivity index (χ0n) is 15.6. The van der Waals surface area contributed by atoms with Gasteiger partial charge in [-0.15, -0.1) is 0 Å². The van der Waals surface area contributed by atoms with Crippen LogP contribution >= 0.6 is 0 Å². The third-order valence-electron chi connectivity index (χ3n) is 4.55. The van der Waals surface area contributed by atoms with E-state index in [-0.39, 0.29) is 19.0 Å². The van der Waals surface area contributed by atoms with Crippen molar-refractivity contribution < 1.29 is 14.3 Å². The number of esters is 1. The average molecular weight is 380 g/mol. The van der Waals surface area contributed by atoms with Crippen LogP contribution in [0, 0.1) is 10.8 Å². The molecule has 7 heteroatoms. The summed E-state index contributed by atoms with van der Waals surface area (Å²) in [5, 5.41) is 15.7. The molecule has 0 bridgehead atoms. The molecule has 4 N–H and O–H groups in total. The first-order chi connectivity index (χ1) is 13.5. The zero-order valence-corrected chi connectivity index (χ0v) is 15.6. The second-order valence-electron chi connectivity index (χ2n) is 6.55. The van der Waals surface area contributed by atoms with Crippen molar-refractivity contribution in [3.05, 3.63) is 65.2 Å². The number of benzene rings is 2. The Kier molecular flexibility index (Phi) is 6.26. The van der Waals surface area contributed by atoms with E-state index in [2.05, 4.69) is 0 Å². The molecule has 0 atom stereocenters. The SMILES string of the molecule is N=C(N)c1cccc(OCCOC(=O)c2ccc(C(=N)N3CCCC3)cc2)c1. The quantitative estimate of drug-likeness (QED) is 0.296. The highest BCUT2D eigenvalue weighted by Gasteiger charge is 2.16. The fourth-order valence-electron chi connectivity index (χ4n) is 3.02. The monoisotopic (exact) mass is 380 g/mol. The number of hydrogen-bond donors (Lipinski definition) is 3. The molecule has 2 aromatic carbocycles. The summed E-state index contributed by atoms with van der Waals surface area (Å²) >= 11 is 0. The molecule has 146 valence electrons. The normalized spacial score (nSPS) is 13.2. The number of nitrogens with one attached hydrogen (secondary N) is 2. The molecule has 28 heavy (non-hydrogen) atoms. The number of amidine groups is 2. The molecule has 0 unspecified atom stereocenters. The summed E-state index contributed by atoms with van der Waals surface area (Å²) in [7, 11) is 0. The van der Waals surface area contributed by atoms with Gasteiger partial charge in [-0.3, -0.25) is 10.8 Å². The molecule has 0 spiro atoms. The van der Waals surface area contributed by atoms with Gasteiger partial charge in [0.2, 0.25) is 0 Å². The van der Waals surface area contributed by atoms with Gasteiger partial charge in [-0.05, 0) is 37.1 Å². The molecule has 1 aliphatic rings. The Balaban J connectivity index is 1.46. The van der Waals surface area contributed by atoms with Crippen LogP contribution in [-0.4, -0.2) is 48.8 Å². The van der Waals surface area contributed by atoms with E-state index in [0.717, 1.165) is 31.5 Å². The van der Waals surface area contributed by atoms with Crippen molar-refractivity contribution >= 4 is 17.6 Å². The van der Waals surface area contributed by atoms with E-state index in [0.29, 0.717) is 22.7 Å². The minimum absolute atomic E-state index is 0.0295. The van der Waals surface area contributed by atoms with E-state index in [9.17, 15) is 4.79 Å². The van der Waals surface area contributed by atoms with Crippen LogP contribution in [0.15, 0.2) is 48.5 Å². The van der Waals surface area contributed by atoms with Crippen LogP contribution in [0.5, 0.6) is 5.75 Å². The van der Waals surface area contributed by atoms with Crippen molar-refractivity contribution in [3.8, 4) is 5.75 Å². The van der Waals surface area contributed by atoms with Crippen LogP contribution < -0.4 is 10.5 Å². The third-order valence-corrected chi connectivity index (χ3v) is 4.55. The van der Waals surface area contributed by atoms with Gasteiger partial charge < -0.3 is 20.1 Å². The molecule has 1 saturated heterocycles. The lowest BCUT2D eigenvalue weighted by atomic mass is 10.1. The predicted molar refractivity (Wildman–Crippen MR) is 107 cm³/mol. The summed E-state index contributed by atoms with van der Waals surface area (Å²) in [5.74, 6) is 0.602. The summed E-state index contributed by atoms with van der Waals surface area (Å²) < 4.78 is 10.8. The topological polar surface area (TPSA) is 112 Å². The summed E-state index contributed by atoms with van der Waals surface area (Å²) in [6, 6.07) is 13.8. The van der Waals surface area contributed by atoms with Crippen molar-refractivity contribution in [3.63, 3.8) is 0 Å². The molecule has 1 fully saturated rings. The standard InChI is InChI=1S/C21H24N4O3/c22-19(23)17-4-3-5-18(14-17)27-12-13-28-21(26)16-8-6-15(7-9-16)20(24)25-10-1-2-11-25/h3-9,14,24H,1-2,10-13H2,(H3,22,23). The van der Waals surface area contributed by atoms with Gasteiger partial charge in [0.25, 0.3) is 0 Å². The Morgan fingerprint density at radius 2 is 1.64 bits per heavy atom. The number of nitrogens with two attached hydrogens (primary N) is 1. The third kappa shape index (κ3) is 4.88. The molecule has 3 rings (SSSR count). The number of hydrogen-bond acceptors (Lipinski definition) is 5.